The second-order valence-electron chi connectivity index (χ2n) is 5.91. The maximum Gasteiger partial charge on any atom is 0.175 e. The summed E-state index contributed by atoms with van der Waals surface area (Å²) in [6.07, 6.45) is 0. The molecule has 2 aromatic rings. The molecule has 132 valence electrons. The summed E-state index contributed by atoms with van der Waals surface area (Å²) in [5.74, 6) is 2.12. The van der Waals surface area contributed by atoms with Gasteiger partial charge in [-0.2, -0.15) is 0 Å². The number of ether oxygens (including phenoxy) is 2. The van der Waals surface area contributed by atoms with Gasteiger partial charge < -0.3 is 14.8 Å². The zero-order valence-electron chi connectivity index (χ0n) is 14.3. The topological polar surface area (TPSA) is 30.5 Å². The Morgan fingerprint density at radius 1 is 1.08 bits per heavy atom. The first-order valence-electron chi connectivity index (χ1n) is 7.84. The molecule has 0 spiro atoms. The highest BCUT2D eigenvalue weighted by atomic mass is 79.9. The molecule has 0 aromatic heterocycles. The van der Waals surface area contributed by atoms with Crippen LogP contribution in [0.3, 0.4) is 0 Å². The monoisotopic (exact) mass is 413 g/mol. The number of methoxy groups -OCH3 is 1. The molecule has 0 unspecified atom stereocenters. The maximum absolute atomic E-state index is 5.95. The van der Waals surface area contributed by atoms with Gasteiger partial charge in [-0.15, -0.1) is 12.4 Å². The second kappa shape index (κ2) is 10.6. The Kier molecular flexibility index (Phi) is 9.19. The van der Waals surface area contributed by atoms with Gasteiger partial charge in [0.1, 0.15) is 6.61 Å². The molecule has 24 heavy (non-hydrogen) atoms. The molecule has 3 nitrogen and oxygen atoms in total. The molecule has 2 aromatic carbocycles. The SMILES string of the molecule is COc1cc(CNCC(C)C)cc(Br)c1OCc1ccccc1.Cl. The first-order chi connectivity index (χ1) is 11.1. The van der Waals surface area contributed by atoms with Crippen molar-refractivity contribution in [2.45, 2.75) is 27.0 Å². The Bertz CT molecular complexity index is 620. The first kappa shape index (κ1) is 20.8. The van der Waals surface area contributed by atoms with Crippen LogP contribution in [0.1, 0.15) is 25.0 Å². The van der Waals surface area contributed by atoms with Crippen molar-refractivity contribution < 1.29 is 9.47 Å². The van der Waals surface area contributed by atoms with Crippen molar-refractivity contribution in [3.8, 4) is 11.5 Å². The third kappa shape index (κ3) is 6.34. The van der Waals surface area contributed by atoms with E-state index in [1.807, 2.05) is 36.4 Å². The van der Waals surface area contributed by atoms with Gasteiger partial charge in [0.2, 0.25) is 0 Å². The summed E-state index contributed by atoms with van der Waals surface area (Å²) >= 11 is 3.60. The summed E-state index contributed by atoms with van der Waals surface area (Å²) in [4.78, 5) is 0. The van der Waals surface area contributed by atoms with E-state index in [9.17, 15) is 0 Å². The van der Waals surface area contributed by atoms with Crippen molar-refractivity contribution in [3.05, 3.63) is 58.1 Å². The molecule has 0 aliphatic rings. The van der Waals surface area contributed by atoms with E-state index < -0.39 is 0 Å². The number of rotatable bonds is 8. The molecule has 0 bridgehead atoms. The lowest BCUT2D eigenvalue weighted by molar-refractivity contribution is 0.282. The van der Waals surface area contributed by atoms with Gasteiger partial charge in [-0.3, -0.25) is 0 Å². The predicted molar refractivity (Wildman–Crippen MR) is 105 cm³/mol. The molecule has 0 aliphatic heterocycles. The lowest BCUT2D eigenvalue weighted by Crippen LogP contribution is -2.19. The van der Waals surface area contributed by atoms with E-state index in [2.05, 4.69) is 41.2 Å². The summed E-state index contributed by atoms with van der Waals surface area (Å²) in [6.45, 7) is 6.72. The molecule has 2 rings (SSSR count). The van der Waals surface area contributed by atoms with Gasteiger partial charge in [-0.1, -0.05) is 44.2 Å². The van der Waals surface area contributed by atoms with Crippen LogP contribution >= 0.6 is 28.3 Å². The Hall–Kier alpha value is -1.23. The van der Waals surface area contributed by atoms with Crippen molar-refractivity contribution in [1.29, 1.82) is 0 Å². The molecule has 0 saturated heterocycles. The minimum atomic E-state index is 0. The van der Waals surface area contributed by atoms with Crippen molar-refractivity contribution in [2.24, 2.45) is 5.92 Å². The lowest BCUT2D eigenvalue weighted by Gasteiger charge is -2.15. The number of nitrogens with one attached hydrogen (secondary N) is 1. The van der Waals surface area contributed by atoms with Gasteiger partial charge in [-0.05, 0) is 51.7 Å². The molecule has 5 heteroatoms. The third-order valence-electron chi connectivity index (χ3n) is 3.40. The van der Waals surface area contributed by atoms with E-state index in [1.165, 1.54) is 5.56 Å². The summed E-state index contributed by atoms with van der Waals surface area (Å²) in [5, 5.41) is 3.44. The fraction of sp³-hybridized carbons (Fsp3) is 0.368. The van der Waals surface area contributed by atoms with Crippen LogP contribution in [0.2, 0.25) is 0 Å². The standard InChI is InChI=1S/C19H24BrNO2.ClH/c1-14(2)11-21-12-16-9-17(20)19(18(10-16)22-3)23-13-15-7-5-4-6-8-15;/h4-10,14,21H,11-13H2,1-3H3;1H. The normalized spacial score (nSPS) is 10.4. The van der Waals surface area contributed by atoms with E-state index in [4.69, 9.17) is 9.47 Å². The number of hydrogen-bond acceptors (Lipinski definition) is 3. The van der Waals surface area contributed by atoms with Crippen LogP contribution < -0.4 is 14.8 Å². The fourth-order valence-corrected chi connectivity index (χ4v) is 2.85. The van der Waals surface area contributed by atoms with E-state index in [-0.39, 0.29) is 12.4 Å². The van der Waals surface area contributed by atoms with E-state index >= 15 is 0 Å². The molecule has 0 amide bonds. The fourth-order valence-electron chi connectivity index (χ4n) is 2.25. The van der Waals surface area contributed by atoms with Crippen LogP contribution in [-0.2, 0) is 13.2 Å². The summed E-state index contributed by atoms with van der Waals surface area (Å²) < 4.78 is 12.4. The average molecular weight is 415 g/mol. The van der Waals surface area contributed by atoms with Gasteiger partial charge in [0.25, 0.3) is 0 Å². The van der Waals surface area contributed by atoms with E-state index in [0.29, 0.717) is 12.5 Å². The summed E-state index contributed by atoms with van der Waals surface area (Å²) in [6, 6.07) is 14.2. The Morgan fingerprint density at radius 2 is 1.79 bits per heavy atom. The first-order valence-corrected chi connectivity index (χ1v) is 8.63. The average Bonchev–Trinajstić information content (AvgIpc) is 2.54. The van der Waals surface area contributed by atoms with Crippen molar-refractivity contribution >= 4 is 28.3 Å². The summed E-state index contributed by atoms with van der Waals surface area (Å²) in [5.41, 5.74) is 2.30. The molecule has 0 fully saturated rings. The lowest BCUT2D eigenvalue weighted by atomic mass is 10.1. The smallest absolute Gasteiger partial charge is 0.175 e. The van der Waals surface area contributed by atoms with Crippen molar-refractivity contribution in [3.63, 3.8) is 0 Å². The Balaban J connectivity index is 0.00000288. The highest BCUT2D eigenvalue weighted by Crippen LogP contribution is 2.37. The minimum absolute atomic E-state index is 0. The summed E-state index contributed by atoms with van der Waals surface area (Å²) in [7, 11) is 1.67. The molecular weight excluding hydrogens is 390 g/mol. The van der Waals surface area contributed by atoms with Gasteiger partial charge in [-0.25, -0.2) is 0 Å². The molecule has 0 radical (unpaired) electrons. The number of benzene rings is 2. The van der Waals surface area contributed by atoms with Crippen LogP contribution in [0.5, 0.6) is 11.5 Å². The Labute approximate surface area is 159 Å². The number of hydrogen-bond donors (Lipinski definition) is 1. The van der Waals surface area contributed by atoms with E-state index in [0.717, 1.165) is 34.6 Å². The zero-order valence-corrected chi connectivity index (χ0v) is 16.7. The second-order valence-corrected chi connectivity index (χ2v) is 6.76. The van der Waals surface area contributed by atoms with Crippen LogP contribution in [0.4, 0.5) is 0 Å². The molecule has 0 atom stereocenters. The molecule has 0 heterocycles. The molecule has 0 aliphatic carbocycles. The molecule has 0 saturated carbocycles. The zero-order chi connectivity index (χ0) is 16.7. The van der Waals surface area contributed by atoms with E-state index in [1.54, 1.807) is 7.11 Å². The van der Waals surface area contributed by atoms with Crippen molar-refractivity contribution in [1.82, 2.24) is 5.32 Å². The van der Waals surface area contributed by atoms with Crippen LogP contribution in [0.15, 0.2) is 46.9 Å². The Morgan fingerprint density at radius 3 is 2.42 bits per heavy atom. The maximum atomic E-state index is 5.95. The largest absolute Gasteiger partial charge is 0.493 e. The van der Waals surface area contributed by atoms with Crippen LogP contribution in [0.25, 0.3) is 0 Å². The molecular formula is C19H25BrClNO2. The van der Waals surface area contributed by atoms with Gasteiger partial charge in [0.05, 0.1) is 11.6 Å². The van der Waals surface area contributed by atoms with Crippen LogP contribution in [-0.4, -0.2) is 13.7 Å². The molecule has 1 N–H and O–H groups in total. The third-order valence-corrected chi connectivity index (χ3v) is 3.99. The van der Waals surface area contributed by atoms with Gasteiger partial charge in [0, 0.05) is 6.54 Å². The van der Waals surface area contributed by atoms with Gasteiger partial charge in [0.15, 0.2) is 11.5 Å². The minimum Gasteiger partial charge on any atom is -0.493 e. The van der Waals surface area contributed by atoms with Crippen molar-refractivity contribution in [2.75, 3.05) is 13.7 Å². The van der Waals surface area contributed by atoms with Crippen LogP contribution in [0, 0.1) is 5.92 Å². The number of halogens is 2. The highest BCUT2D eigenvalue weighted by Gasteiger charge is 2.12. The quantitative estimate of drug-likeness (QED) is 0.643. The predicted octanol–water partition coefficient (Wildman–Crippen LogP) is 5.20. The highest BCUT2D eigenvalue weighted by molar-refractivity contribution is 9.10. The van der Waals surface area contributed by atoms with Gasteiger partial charge >= 0.3 is 0 Å².